The number of carbonyl (C=O) groups is 2. The van der Waals surface area contributed by atoms with Gasteiger partial charge < -0.3 is 10.4 Å². The van der Waals surface area contributed by atoms with Gasteiger partial charge in [-0.1, -0.05) is 0 Å². The number of nitrogens with one attached hydrogen (secondary N) is 1. The van der Waals surface area contributed by atoms with Crippen molar-refractivity contribution in [3.05, 3.63) is 29.3 Å². The summed E-state index contributed by atoms with van der Waals surface area (Å²) >= 11 is 0. The van der Waals surface area contributed by atoms with Crippen molar-refractivity contribution in [2.24, 2.45) is 0 Å². The van der Waals surface area contributed by atoms with Gasteiger partial charge in [0.05, 0.1) is 17.7 Å². The topological polar surface area (TPSA) is 79.3 Å². The molecule has 0 unspecified atom stereocenters. The van der Waals surface area contributed by atoms with E-state index in [9.17, 15) is 14.0 Å². The molecule has 1 rings (SSSR count). The number of amides is 1. The number of hydrogen-bond donors (Lipinski definition) is 2. The van der Waals surface area contributed by atoms with Gasteiger partial charge in [0.15, 0.2) is 0 Å². The Morgan fingerprint density at radius 2 is 2.25 bits per heavy atom. The van der Waals surface area contributed by atoms with Crippen LogP contribution < -0.4 is 5.32 Å². The number of hydrogen-bond acceptors (Lipinski definition) is 3. The normalized spacial score (nSPS) is 9.88. The number of rotatable bonds is 4. The second-order valence-electron chi connectivity index (χ2n) is 3.19. The number of carboxylic acid groups (broad SMARTS) is 1. The van der Waals surface area contributed by atoms with E-state index in [-0.39, 0.29) is 24.2 Å². The SMILES string of the molecule is Cc1ncc(C(=O)NCCC(=O)O)cc1F. The molecule has 0 fully saturated rings. The van der Waals surface area contributed by atoms with Crippen molar-refractivity contribution in [3.63, 3.8) is 0 Å². The number of carboxylic acids is 1. The van der Waals surface area contributed by atoms with Gasteiger partial charge >= 0.3 is 5.97 Å². The van der Waals surface area contributed by atoms with E-state index in [1.807, 2.05) is 0 Å². The summed E-state index contributed by atoms with van der Waals surface area (Å²) in [4.78, 5) is 25.3. The number of nitrogens with zero attached hydrogens (tertiary/aromatic N) is 1. The van der Waals surface area contributed by atoms with E-state index in [1.165, 1.54) is 13.1 Å². The van der Waals surface area contributed by atoms with Crippen LogP contribution in [0.4, 0.5) is 4.39 Å². The molecule has 1 aromatic heterocycles. The third-order valence-electron chi connectivity index (χ3n) is 1.91. The van der Waals surface area contributed by atoms with Gasteiger partial charge in [-0.25, -0.2) is 4.39 Å². The van der Waals surface area contributed by atoms with Crippen LogP contribution in [0.15, 0.2) is 12.3 Å². The van der Waals surface area contributed by atoms with Crippen LogP contribution in [-0.4, -0.2) is 28.5 Å². The predicted molar refractivity (Wildman–Crippen MR) is 53.5 cm³/mol. The molecule has 0 bridgehead atoms. The second-order valence-corrected chi connectivity index (χ2v) is 3.19. The van der Waals surface area contributed by atoms with Crippen LogP contribution in [0, 0.1) is 12.7 Å². The van der Waals surface area contributed by atoms with Gasteiger partial charge in [-0.15, -0.1) is 0 Å². The quantitative estimate of drug-likeness (QED) is 0.793. The molecule has 0 aliphatic carbocycles. The fourth-order valence-corrected chi connectivity index (χ4v) is 1.02. The Hall–Kier alpha value is -1.98. The van der Waals surface area contributed by atoms with Crippen molar-refractivity contribution in [2.75, 3.05) is 6.54 Å². The van der Waals surface area contributed by atoms with Crippen molar-refractivity contribution >= 4 is 11.9 Å². The first-order chi connectivity index (χ1) is 7.50. The third-order valence-corrected chi connectivity index (χ3v) is 1.91. The molecule has 0 saturated heterocycles. The van der Waals surface area contributed by atoms with E-state index in [0.717, 1.165) is 6.07 Å². The van der Waals surface area contributed by atoms with E-state index in [1.54, 1.807) is 0 Å². The maximum Gasteiger partial charge on any atom is 0.305 e. The Balaban J connectivity index is 2.59. The number of carbonyl (C=O) groups excluding carboxylic acids is 1. The largest absolute Gasteiger partial charge is 0.481 e. The van der Waals surface area contributed by atoms with Crippen LogP contribution in [0.2, 0.25) is 0 Å². The van der Waals surface area contributed by atoms with Crippen molar-refractivity contribution < 1.29 is 19.1 Å². The van der Waals surface area contributed by atoms with Gasteiger partial charge in [-0.05, 0) is 13.0 Å². The molecule has 1 heterocycles. The summed E-state index contributed by atoms with van der Waals surface area (Å²) < 4.78 is 13.1. The second kappa shape index (κ2) is 5.20. The van der Waals surface area contributed by atoms with E-state index in [4.69, 9.17) is 5.11 Å². The number of pyridine rings is 1. The van der Waals surface area contributed by atoms with E-state index < -0.39 is 17.7 Å². The van der Waals surface area contributed by atoms with Crippen molar-refractivity contribution in [1.29, 1.82) is 0 Å². The Morgan fingerprint density at radius 1 is 1.56 bits per heavy atom. The maximum atomic E-state index is 13.1. The molecule has 6 heteroatoms. The van der Waals surface area contributed by atoms with Gasteiger partial charge in [-0.2, -0.15) is 0 Å². The van der Waals surface area contributed by atoms with Gasteiger partial charge in [0, 0.05) is 12.7 Å². The van der Waals surface area contributed by atoms with Gasteiger partial charge in [0.1, 0.15) is 5.82 Å². The molecule has 0 aliphatic heterocycles. The fourth-order valence-electron chi connectivity index (χ4n) is 1.02. The summed E-state index contributed by atoms with van der Waals surface area (Å²) in [5, 5.41) is 10.7. The first-order valence-corrected chi connectivity index (χ1v) is 4.63. The van der Waals surface area contributed by atoms with E-state index >= 15 is 0 Å². The van der Waals surface area contributed by atoms with Crippen LogP contribution in [0.5, 0.6) is 0 Å². The summed E-state index contributed by atoms with van der Waals surface area (Å²) in [6.45, 7) is 1.49. The zero-order valence-electron chi connectivity index (χ0n) is 8.66. The molecule has 0 saturated carbocycles. The summed E-state index contributed by atoms with van der Waals surface area (Å²) in [5.41, 5.74) is 0.288. The molecule has 16 heavy (non-hydrogen) atoms. The number of halogens is 1. The first kappa shape index (κ1) is 12.1. The average molecular weight is 226 g/mol. The molecule has 0 radical (unpaired) electrons. The Bertz CT molecular complexity index is 421. The lowest BCUT2D eigenvalue weighted by Crippen LogP contribution is -2.26. The zero-order valence-corrected chi connectivity index (χ0v) is 8.66. The maximum absolute atomic E-state index is 13.1. The molecule has 5 nitrogen and oxygen atoms in total. The highest BCUT2D eigenvalue weighted by atomic mass is 19.1. The molecule has 0 aliphatic rings. The van der Waals surface area contributed by atoms with Gasteiger partial charge in [0.2, 0.25) is 0 Å². The summed E-state index contributed by atoms with van der Waals surface area (Å²) in [5.74, 6) is -2.10. The summed E-state index contributed by atoms with van der Waals surface area (Å²) in [6.07, 6.45) is 1.07. The molecule has 0 spiro atoms. The minimum atomic E-state index is -1.01. The predicted octanol–water partition coefficient (Wildman–Crippen LogP) is 0.734. The van der Waals surface area contributed by atoms with Gasteiger partial charge in [-0.3, -0.25) is 14.6 Å². The molecule has 1 amide bonds. The van der Waals surface area contributed by atoms with Gasteiger partial charge in [0.25, 0.3) is 5.91 Å². The minimum absolute atomic E-state index is 0.00363. The molecule has 2 N–H and O–H groups in total. The van der Waals surface area contributed by atoms with Crippen LogP contribution in [-0.2, 0) is 4.79 Å². The molecular formula is C10H11FN2O3. The summed E-state index contributed by atoms with van der Waals surface area (Å²) in [6, 6.07) is 1.07. The highest BCUT2D eigenvalue weighted by Crippen LogP contribution is 2.05. The Morgan fingerprint density at radius 3 is 2.81 bits per heavy atom. The lowest BCUT2D eigenvalue weighted by atomic mass is 10.2. The first-order valence-electron chi connectivity index (χ1n) is 4.63. The highest BCUT2D eigenvalue weighted by molar-refractivity contribution is 5.94. The van der Waals surface area contributed by atoms with Crippen molar-refractivity contribution in [1.82, 2.24) is 10.3 Å². The van der Waals surface area contributed by atoms with Crippen molar-refractivity contribution in [3.8, 4) is 0 Å². The smallest absolute Gasteiger partial charge is 0.305 e. The third kappa shape index (κ3) is 3.30. The Labute approximate surface area is 91.3 Å². The van der Waals surface area contributed by atoms with Crippen LogP contribution in [0.3, 0.4) is 0 Å². The highest BCUT2D eigenvalue weighted by Gasteiger charge is 2.09. The fraction of sp³-hybridized carbons (Fsp3) is 0.300. The number of aromatic nitrogens is 1. The molecule has 86 valence electrons. The standard InChI is InChI=1S/C10H11FN2O3/c1-6-8(11)4-7(5-13-6)10(16)12-3-2-9(14)15/h4-5H,2-3H2,1H3,(H,12,16)(H,14,15). The Kier molecular flexibility index (Phi) is 3.93. The lowest BCUT2D eigenvalue weighted by Gasteiger charge is -2.03. The lowest BCUT2D eigenvalue weighted by molar-refractivity contribution is -0.136. The van der Waals surface area contributed by atoms with Crippen LogP contribution in [0.1, 0.15) is 22.5 Å². The number of aryl methyl sites for hydroxylation is 1. The van der Waals surface area contributed by atoms with E-state index in [0.29, 0.717) is 0 Å². The zero-order chi connectivity index (χ0) is 12.1. The van der Waals surface area contributed by atoms with E-state index in [2.05, 4.69) is 10.3 Å². The van der Waals surface area contributed by atoms with Crippen LogP contribution in [0.25, 0.3) is 0 Å². The van der Waals surface area contributed by atoms with Crippen LogP contribution >= 0.6 is 0 Å². The summed E-state index contributed by atoms with van der Waals surface area (Å²) in [7, 11) is 0. The molecule has 0 aromatic carbocycles. The molecular weight excluding hydrogens is 215 g/mol. The number of aliphatic carboxylic acids is 1. The monoisotopic (exact) mass is 226 g/mol. The molecule has 0 atom stereocenters. The average Bonchev–Trinajstić information content (AvgIpc) is 2.21. The van der Waals surface area contributed by atoms with Crippen molar-refractivity contribution in [2.45, 2.75) is 13.3 Å². The molecule has 1 aromatic rings. The minimum Gasteiger partial charge on any atom is -0.481 e.